The van der Waals surface area contributed by atoms with E-state index in [0.29, 0.717) is 6.54 Å². The molecule has 0 unspecified atom stereocenters. The van der Waals surface area contributed by atoms with Gasteiger partial charge in [0.2, 0.25) is 12.2 Å². The molecule has 3 rings (SSSR count). The number of H-pyrrole nitrogens is 1. The van der Waals surface area contributed by atoms with Crippen molar-refractivity contribution in [2.24, 2.45) is 11.7 Å². The predicted molar refractivity (Wildman–Crippen MR) is 183 cm³/mol. The number of hydrogen-bond acceptors (Lipinski definition) is 11. The van der Waals surface area contributed by atoms with Crippen LogP contribution in [0.3, 0.4) is 0 Å². The molecule has 15 heteroatoms. The van der Waals surface area contributed by atoms with Crippen LogP contribution < -0.4 is 22.3 Å². The van der Waals surface area contributed by atoms with Crippen LogP contribution in [-0.4, -0.2) is 91.8 Å². The van der Waals surface area contributed by atoms with E-state index in [0.717, 1.165) is 74.3 Å². The molecule has 50 heavy (non-hydrogen) atoms. The lowest BCUT2D eigenvalue weighted by Gasteiger charge is -2.35. The molecular weight excluding hydrogens is 652 g/mol. The molecule has 8 N–H and O–H groups in total. The highest BCUT2D eigenvalue weighted by molar-refractivity contribution is 5.91. The summed E-state index contributed by atoms with van der Waals surface area (Å²) in [6.45, 7) is 1.86. The van der Waals surface area contributed by atoms with Crippen LogP contribution >= 0.6 is 0 Å². The van der Waals surface area contributed by atoms with E-state index in [9.17, 15) is 39.6 Å². The zero-order valence-corrected chi connectivity index (χ0v) is 29.0. The van der Waals surface area contributed by atoms with Gasteiger partial charge in [-0.15, -0.1) is 0 Å². The van der Waals surface area contributed by atoms with E-state index in [1.807, 2.05) is 4.98 Å². The SMILES string of the molecule is CCCCCCCC/C=C\CCCCCCCCNC(=O)C1=C[C@H](O)[C@H](O)[C@@H](O[C@@H](C(N)=O)[C@H]2O[C@@H](n3ccc(=O)[nH]c3=O)[C@H](O)[C@@H]2CO)O1. The van der Waals surface area contributed by atoms with Crippen molar-refractivity contribution in [3.8, 4) is 0 Å². The van der Waals surface area contributed by atoms with Gasteiger partial charge in [-0.1, -0.05) is 76.9 Å². The van der Waals surface area contributed by atoms with Gasteiger partial charge in [-0.2, -0.15) is 0 Å². The number of nitrogens with two attached hydrogens (primary N) is 1. The molecule has 1 fully saturated rings. The first-order chi connectivity index (χ1) is 24.1. The average molecular weight is 709 g/mol. The monoisotopic (exact) mass is 708 g/mol. The Morgan fingerprint density at radius 3 is 2.20 bits per heavy atom. The van der Waals surface area contributed by atoms with Gasteiger partial charge in [-0.25, -0.2) is 4.79 Å². The maximum absolute atomic E-state index is 12.8. The van der Waals surface area contributed by atoms with Crippen LogP contribution in [0.2, 0.25) is 0 Å². The average Bonchev–Trinajstić information content (AvgIpc) is 3.41. The number of aliphatic hydroxyl groups is 4. The Kier molecular flexibility index (Phi) is 17.9. The number of allylic oxidation sites excluding steroid dienone is 2. The van der Waals surface area contributed by atoms with Crippen molar-refractivity contribution >= 4 is 11.8 Å². The van der Waals surface area contributed by atoms with E-state index < -0.39 is 78.6 Å². The third kappa shape index (κ3) is 12.5. The van der Waals surface area contributed by atoms with Gasteiger partial charge in [0.05, 0.1) is 6.61 Å². The Morgan fingerprint density at radius 2 is 1.60 bits per heavy atom. The van der Waals surface area contributed by atoms with Crippen LogP contribution in [-0.2, 0) is 23.8 Å². The fourth-order valence-corrected chi connectivity index (χ4v) is 6.11. The zero-order chi connectivity index (χ0) is 36.5. The van der Waals surface area contributed by atoms with Gasteiger partial charge in [0.15, 0.2) is 18.1 Å². The number of ether oxygens (including phenoxy) is 3. The van der Waals surface area contributed by atoms with E-state index >= 15 is 0 Å². The van der Waals surface area contributed by atoms with Crippen LogP contribution in [0, 0.1) is 5.92 Å². The van der Waals surface area contributed by atoms with E-state index in [2.05, 4.69) is 24.4 Å². The maximum atomic E-state index is 12.8. The number of nitrogens with one attached hydrogen (secondary N) is 2. The van der Waals surface area contributed by atoms with Gasteiger partial charge in [-0.05, 0) is 38.2 Å². The highest BCUT2D eigenvalue weighted by Crippen LogP contribution is 2.36. The Balaban J connectivity index is 1.41. The Bertz CT molecular complexity index is 1360. The van der Waals surface area contributed by atoms with Crippen LogP contribution in [0.5, 0.6) is 0 Å². The fraction of sp³-hybridized carbons (Fsp3) is 0.714. The predicted octanol–water partition coefficient (Wildman–Crippen LogP) is 1.39. The number of aromatic nitrogens is 2. The molecule has 8 atom stereocenters. The Hall–Kier alpha value is -3.34. The largest absolute Gasteiger partial charge is 0.456 e. The fourth-order valence-electron chi connectivity index (χ4n) is 6.11. The molecule has 1 aromatic heterocycles. The second-order valence-electron chi connectivity index (χ2n) is 13.0. The van der Waals surface area contributed by atoms with Crippen molar-refractivity contribution in [3.05, 3.63) is 57.1 Å². The number of hydrogen-bond donors (Lipinski definition) is 7. The maximum Gasteiger partial charge on any atom is 0.330 e. The number of primary amides is 1. The number of rotatable bonds is 23. The molecule has 0 radical (unpaired) electrons. The number of aromatic amines is 1. The first-order valence-corrected chi connectivity index (χ1v) is 18.0. The third-order valence-electron chi connectivity index (χ3n) is 9.04. The topological polar surface area (TPSA) is 236 Å². The first-order valence-electron chi connectivity index (χ1n) is 18.0. The van der Waals surface area contributed by atoms with Gasteiger partial charge >= 0.3 is 5.69 Å². The number of aliphatic hydroxyl groups excluding tert-OH is 4. The van der Waals surface area contributed by atoms with Gasteiger partial charge in [0.25, 0.3) is 11.5 Å². The molecule has 2 aliphatic rings. The summed E-state index contributed by atoms with van der Waals surface area (Å²) in [4.78, 5) is 51.2. The molecule has 1 saturated heterocycles. The summed E-state index contributed by atoms with van der Waals surface area (Å²) in [5.74, 6) is -3.35. The van der Waals surface area contributed by atoms with Gasteiger partial charge in [-0.3, -0.25) is 23.9 Å². The molecule has 0 bridgehead atoms. The smallest absolute Gasteiger partial charge is 0.330 e. The minimum Gasteiger partial charge on any atom is -0.456 e. The molecule has 0 saturated carbocycles. The van der Waals surface area contributed by atoms with Crippen molar-refractivity contribution in [2.75, 3.05) is 13.2 Å². The lowest BCUT2D eigenvalue weighted by Crippen LogP contribution is -2.53. The minimum atomic E-state index is -1.78. The normalized spacial score (nSPS) is 25.7. The summed E-state index contributed by atoms with van der Waals surface area (Å²) < 4.78 is 17.8. The van der Waals surface area contributed by atoms with E-state index in [-0.39, 0.29) is 5.76 Å². The molecule has 3 heterocycles. The quantitative estimate of drug-likeness (QED) is 0.0634. The number of unbranched alkanes of at least 4 members (excludes halogenated alkanes) is 12. The highest BCUT2D eigenvalue weighted by atomic mass is 16.7. The minimum absolute atomic E-state index is 0.343. The van der Waals surface area contributed by atoms with Crippen molar-refractivity contribution in [2.45, 2.75) is 140 Å². The van der Waals surface area contributed by atoms with Crippen LogP contribution in [0.15, 0.2) is 45.8 Å². The molecule has 282 valence electrons. The lowest BCUT2D eigenvalue weighted by molar-refractivity contribution is -0.239. The first kappa shape index (κ1) is 41.1. The van der Waals surface area contributed by atoms with Crippen LogP contribution in [0.4, 0.5) is 0 Å². The summed E-state index contributed by atoms with van der Waals surface area (Å²) in [5.41, 5.74) is 3.96. The van der Waals surface area contributed by atoms with Gasteiger partial charge in [0.1, 0.15) is 24.4 Å². The van der Waals surface area contributed by atoms with Gasteiger partial charge < -0.3 is 45.7 Å². The number of carbonyl (C=O) groups is 2. The second kappa shape index (κ2) is 21.8. The Morgan fingerprint density at radius 1 is 0.980 bits per heavy atom. The van der Waals surface area contributed by atoms with E-state index in [4.69, 9.17) is 19.9 Å². The highest BCUT2D eigenvalue weighted by Gasteiger charge is 2.51. The van der Waals surface area contributed by atoms with Crippen LogP contribution in [0.1, 0.15) is 103 Å². The standard InChI is InChI=1S/C35H56N4O11/c1-2-3-4-5-6-7-8-9-10-11-12-13-14-15-16-17-19-37-32(46)25-21-24(41)28(44)34(48-25)50-30(31(36)45)29-23(22-40)27(43)33(49-29)39-20-18-26(42)38-35(39)47/h9-10,18,20-21,23-24,27-30,33-34,40-41,43-44H,2-8,11-17,19,22H2,1H3,(H2,36,45)(H,37,46)(H,38,42,47)/b10-9-/t23-,24-,27+,28-,29-,30+,33+,34+/m0/s1. The van der Waals surface area contributed by atoms with Crippen molar-refractivity contribution in [3.63, 3.8) is 0 Å². The molecule has 0 aliphatic carbocycles. The molecule has 0 spiro atoms. The molecule has 1 aromatic rings. The van der Waals surface area contributed by atoms with Crippen LogP contribution in [0.25, 0.3) is 0 Å². The second-order valence-corrected chi connectivity index (χ2v) is 13.0. The summed E-state index contributed by atoms with van der Waals surface area (Å²) >= 11 is 0. The number of carbonyl (C=O) groups excluding carboxylic acids is 2. The lowest BCUT2D eigenvalue weighted by atomic mass is 9.94. The molecular formula is C35H56N4O11. The third-order valence-corrected chi connectivity index (χ3v) is 9.04. The summed E-state index contributed by atoms with van der Waals surface area (Å²) in [5, 5.41) is 44.5. The van der Waals surface area contributed by atoms with E-state index in [1.54, 1.807) is 0 Å². The molecule has 15 nitrogen and oxygen atoms in total. The van der Waals surface area contributed by atoms with E-state index in [1.165, 1.54) is 38.5 Å². The summed E-state index contributed by atoms with van der Waals surface area (Å²) in [6.07, 6.45) is 11.6. The van der Waals surface area contributed by atoms with Crippen molar-refractivity contribution in [1.82, 2.24) is 14.9 Å². The zero-order valence-electron chi connectivity index (χ0n) is 29.0. The van der Waals surface area contributed by atoms with Crippen molar-refractivity contribution < 1.29 is 44.2 Å². The summed E-state index contributed by atoms with van der Waals surface area (Å²) in [6, 6.07) is 1.02. The number of nitrogens with zero attached hydrogens (tertiary/aromatic N) is 1. The molecule has 0 aromatic carbocycles. The summed E-state index contributed by atoms with van der Waals surface area (Å²) in [7, 11) is 0. The Labute approximate surface area is 292 Å². The van der Waals surface area contributed by atoms with Gasteiger partial charge in [0, 0.05) is 24.7 Å². The number of amides is 2. The molecule has 2 aliphatic heterocycles. The molecule has 2 amide bonds. The van der Waals surface area contributed by atoms with Crippen molar-refractivity contribution in [1.29, 1.82) is 0 Å².